The smallest absolute Gasteiger partial charge is 0.240 e. The average molecular weight is 387 g/mol. The van der Waals surface area contributed by atoms with Gasteiger partial charge in [-0.15, -0.1) is 0 Å². The summed E-state index contributed by atoms with van der Waals surface area (Å²) >= 11 is 6.08. The van der Waals surface area contributed by atoms with Crippen LogP contribution in [0.15, 0.2) is 53.6 Å². The Morgan fingerprint density at radius 1 is 1.23 bits per heavy atom. The summed E-state index contributed by atoms with van der Waals surface area (Å²) in [7, 11) is -2.15. The van der Waals surface area contributed by atoms with Gasteiger partial charge < -0.3 is 5.32 Å². The molecular weight excluding hydrogens is 372 g/mol. The van der Waals surface area contributed by atoms with Gasteiger partial charge in [-0.1, -0.05) is 23.7 Å². The first kappa shape index (κ1) is 18.1. The number of pyridine rings is 1. The fourth-order valence-electron chi connectivity index (χ4n) is 2.57. The molecule has 0 fully saturated rings. The molecule has 2 aromatic carbocycles. The molecule has 0 atom stereocenters. The molecule has 132 valence electrons. The standard InChI is InChI=1S/C18H15ClN4O2S/c1-21-26(24,25)15-4-2-3-12(7-15)10-23-18-13(9-20)11-22-17-6-5-14(19)8-16(17)18/h2-8,11,21H,10H2,1H3,(H,22,23). The summed E-state index contributed by atoms with van der Waals surface area (Å²) in [6.45, 7) is 0.341. The zero-order valence-electron chi connectivity index (χ0n) is 13.8. The van der Waals surface area contributed by atoms with Crippen LogP contribution in [0.1, 0.15) is 11.1 Å². The monoisotopic (exact) mass is 386 g/mol. The van der Waals surface area contributed by atoms with Crippen molar-refractivity contribution in [1.82, 2.24) is 9.71 Å². The van der Waals surface area contributed by atoms with Gasteiger partial charge in [-0.05, 0) is 42.9 Å². The van der Waals surface area contributed by atoms with Gasteiger partial charge in [0, 0.05) is 23.2 Å². The lowest BCUT2D eigenvalue weighted by atomic mass is 10.1. The maximum absolute atomic E-state index is 11.9. The Bertz CT molecular complexity index is 1120. The van der Waals surface area contributed by atoms with Crippen molar-refractivity contribution in [3.8, 4) is 6.07 Å². The van der Waals surface area contributed by atoms with Gasteiger partial charge >= 0.3 is 0 Å². The van der Waals surface area contributed by atoms with Crippen molar-refractivity contribution in [2.24, 2.45) is 0 Å². The minimum atomic E-state index is -3.51. The largest absolute Gasteiger partial charge is 0.379 e. The molecule has 8 heteroatoms. The van der Waals surface area contributed by atoms with Crippen molar-refractivity contribution in [1.29, 1.82) is 5.26 Å². The molecule has 0 saturated heterocycles. The van der Waals surface area contributed by atoms with E-state index in [1.165, 1.54) is 19.3 Å². The molecule has 6 nitrogen and oxygen atoms in total. The van der Waals surface area contributed by atoms with E-state index in [4.69, 9.17) is 11.6 Å². The molecule has 0 aliphatic rings. The Morgan fingerprint density at radius 2 is 2.04 bits per heavy atom. The van der Waals surface area contributed by atoms with Crippen LogP contribution in [0.25, 0.3) is 10.9 Å². The minimum absolute atomic E-state index is 0.183. The number of nitriles is 1. The molecule has 1 heterocycles. The van der Waals surface area contributed by atoms with Gasteiger partial charge in [0.05, 0.1) is 21.7 Å². The molecule has 0 amide bonds. The van der Waals surface area contributed by atoms with Crippen LogP contribution < -0.4 is 10.0 Å². The number of benzene rings is 2. The molecule has 1 aromatic heterocycles. The van der Waals surface area contributed by atoms with Gasteiger partial charge in [-0.25, -0.2) is 13.1 Å². The van der Waals surface area contributed by atoms with E-state index >= 15 is 0 Å². The lowest BCUT2D eigenvalue weighted by Crippen LogP contribution is -2.18. The van der Waals surface area contributed by atoms with Gasteiger partial charge in [0.25, 0.3) is 0 Å². The van der Waals surface area contributed by atoms with Crippen LogP contribution in [-0.4, -0.2) is 20.4 Å². The van der Waals surface area contributed by atoms with Crippen LogP contribution in [0, 0.1) is 11.3 Å². The summed E-state index contributed by atoms with van der Waals surface area (Å²) < 4.78 is 26.2. The van der Waals surface area contributed by atoms with Gasteiger partial charge in [0.2, 0.25) is 10.0 Å². The normalized spacial score (nSPS) is 11.3. The highest BCUT2D eigenvalue weighted by atomic mass is 35.5. The van der Waals surface area contributed by atoms with Crippen LogP contribution >= 0.6 is 11.6 Å². The molecule has 0 aliphatic heterocycles. The van der Waals surface area contributed by atoms with E-state index in [0.717, 1.165) is 10.9 Å². The predicted molar refractivity (Wildman–Crippen MR) is 101 cm³/mol. The molecule has 0 unspecified atom stereocenters. The second-order valence-corrected chi connectivity index (χ2v) is 7.85. The molecule has 3 aromatic rings. The summed E-state index contributed by atoms with van der Waals surface area (Å²) in [5.74, 6) is 0. The first-order valence-electron chi connectivity index (χ1n) is 7.69. The molecule has 0 saturated carbocycles. The summed E-state index contributed by atoms with van der Waals surface area (Å²) in [5.41, 5.74) is 2.47. The van der Waals surface area contributed by atoms with Crippen molar-refractivity contribution < 1.29 is 8.42 Å². The molecular formula is C18H15ClN4O2S. The van der Waals surface area contributed by atoms with Gasteiger partial charge in [-0.3, -0.25) is 4.98 Å². The third-order valence-electron chi connectivity index (χ3n) is 3.90. The molecule has 0 bridgehead atoms. The number of hydrogen-bond donors (Lipinski definition) is 2. The number of nitrogens with zero attached hydrogens (tertiary/aromatic N) is 2. The van der Waals surface area contributed by atoms with Gasteiger partial charge in [-0.2, -0.15) is 5.26 Å². The fourth-order valence-corrected chi connectivity index (χ4v) is 3.54. The van der Waals surface area contributed by atoms with E-state index in [1.54, 1.807) is 30.3 Å². The lowest BCUT2D eigenvalue weighted by Gasteiger charge is -2.12. The first-order valence-corrected chi connectivity index (χ1v) is 9.55. The zero-order chi connectivity index (χ0) is 18.7. The van der Waals surface area contributed by atoms with Crippen LogP contribution in [0.2, 0.25) is 5.02 Å². The number of hydrogen-bond acceptors (Lipinski definition) is 5. The highest BCUT2D eigenvalue weighted by Crippen LogP contribution is 2.28. The van der Waals surface area contributed by atoms with E-state index in [2.05, 4.69) is 21.1 Å². The summed E-state index contributed by atoms with van der Waals surface area (Å²) in [6, 6.07) is 14.0. The van der Waals surface area contributed by atoms with E-state index < -0.39 is 10.0 Å². The number of anilines is 1. The quantitative estimate of drug-likeness (QED) is 0.701. The van der Waals surface area contributed by atoms with Gasteiger partial charge in [0.15, 0.2) is 0 Å². The summed E-state index contributed by atoms with van der Waals surface area (Å²) in [6.07, 6.45) is 1.50. The first-order chi connectivity index (χ1) is 12.4. The van der Waals surface area contributed by atoms with Crippen LogP contribution in [0.5, 0.6) is 0 Å². The maximum Gasteiger partial charge on any atom is 0.240 e. The van der Waals surface area contributed by atoms with Crippen molar-refractivity contribution in [3.63, 3.8) is 0 Å². The Kier molecular flexibility index (Phi) is 5.09. The Hall–Kier alpha value is -2.66. The van der Waals surface area contributed by atoms with Crippen molar-refractivity contribution in [3.05, 3.63) is 64.8 Å². The third kappa shape index (κ3) is 3.63. The van der Waals surface area contributed by atoms with Crippen LogP contribution in [0.4, 0.5) is 5.69 Å². The fraction of sp³-hybridized carbons (Fsp3) is 0.111. The second kappa shape index (κ2) is 7.30. The predicted octanol–water partition coefficient (Wildman–Crippen LogP) is 3.28. The Labute approximate surface area is 156 Å². The van der Waals surface area contributed by atoms with E-state index in [0.29, 0.717) is 28.3 Å². The molecule has 3 rings (SSSR count). The number of fused-ring (bicyclic) bond motifs is 1. The van der Waals surface area contributed by atoms with Crippen molar-refractivity contribution in [2.45, 2.75) is 11.4 Å². The average Bonchev–Trinajstić information content (AvgIpc) is 2.66. The topological polar surface area (TPSA) is 94.9 Å². The maximum atomic E-state index is 11.9. The molecule has 26 heavy (non-hydrogen) atoms. The summed E-state index contributed by atoms with van der Waals surface area (Å²) in [4.78, 5) is 4.44. The Balaban J connectivity index is 1.97. The van der Waals surface area contributed by atoms with E-state index in [-0.39, 0.29) is 4.90 Å². The molecule has 2 N–H and O–H groups in total. The van der Waals surface area contributed by atoms with Crippen LogP contribution in [0.3, 0.4) is 0 Å². The third-order valence-corrected chi connectivity index (χ3v) is 5.54. The number of sulfonamides is 1. The Morgan fingerprint density at radius 3 is 2.77 bits per heavy atom. The minimum Gasteiger partial charge on any atom is -0.379 e. The van der Waals surface area contributed by atoms with E-state index in [9.17, 15) is 13.7 Å². The molecule has 0 radical (unpaired) electrons. The SMILES string of the molecule is CNS(=O)(=O)c1cccc(CNc2c(C#N)cnc3ccc(Cl)cc23)c1. The number of nitrogens with one attached hydrogen (secondary N) is 2. The second-order valence-electron chi connectivity index (χ2n) is 5.53. The van der Waals surface area contributed by atoms with Crippen LogP contribution in [-0.2, 0) is 16.6 Å². The summed E-state index contributed by atoms with van der Waals surface area (Å²) in [5, 5.41) is 13.9. The molecule has 0 aliphatic carbocycles. The highest BCUT2D eigenvalue weighted by Gasteiger charge is 2.13. The van der Waals surface area contributed by atoms with Gasteiger partial charge in [0.1, 0.15) is 6.07 Å². The lowest BCUT2D eigenvalue weighted by molar-refractivity contribution is 0.588. The van der Waals surface area contributed by atoms with Crippen molar-refractivity contribution in [2.75, 3.05) is 12.4 Å². The molecule has 0 spiro atoms. The number of aromatic nitrogens is 1. The number of rotatable bonds is 5. The van der Waals surface area contributed by atoms with Crippen molar-refractivity contribution >= 4 is 38.2 Å². The number of halogens is 1. The van der Waals surface area contributed by atoms with E-state index in [1.807, 2.05) is 6.07 Å². The highest BCUT2D eigenvalue weighted by molar-refractivity contribution is 7.89. The zero-order valence-corrected chi connectivity index (χ0v) is 15.4.